The Labute approximate surface area is 74.5 Å². The van der Waals surface area contributed by atoms with Crippen LogP contribution in [0.15, 0.2) is 37.0 Å². The molecule has 1 heteroatoms. The molecule has 0 rings (SSSR count). The lowest BCUT2D eigenvalue weighted by Gasteiger charge is -1.85. The lowest BCUT2D eigenvalue weighted by atomic mass is 10.2. The number of carbonyl (C=O) groups excluding carboxylic acids is 1. The molecule has 0 aromatic carbocycles. The summed E-state index contributed by atoms with van der Waals surface area (Å²) in [6.07, 6.45) is 12.0. The molecule has 1 nitrogen and oxygen atoms in total. The Bertz CT molecular complexity index is 187. The molecule has 0 aromatic rings. The van der Waals surface area contributed by atoms with Crippen molar-refractivity contribution in [2.75, 3.05) is 0 Å². The monoisotopic (exact) mass is 164 g/mol. The second-order valence-electron chi connectivity index (χ2n) is 2.54. The molecule has 0 spiro atoms. The third kappa shape index (κ3) is 7.00. The molecular weight excluding hydrogens is 148 g/mol. The van der Waals surface area contributed by atoms with Gasteiger partial charge in [-0.05, 0) is 18.6 Å². The fraction of sp³-hybridized carbons (Fsp3) is 0.364. The maximum Gasteiger partial charge on any atom is 0.178 e. The standard InChI is InChI=1S/C11H16O/c1-3-5-6-7-8-9-10-11(12)4-2/h4,7-10H,2-3,5-6H2,1H3. The first-order valence-corrected chi connectivity index (χ1v) is 4.31. The maximum absolute atomic E-state index is 10.7. The van der Waals surface area contributed by atoms with Crippen molar-refractivity contribution < 1.29 is 4.79 Å². The molecule has 12 heavy (non-hydrogen) atoms. The predicted octanol–water partition coefficient (Wildman–Crippen LogP) is 3.04. The van der Waals surface area contributed by atoms with Crippen molar-refractivity contribution in [2.45, 2.75) is 26.2 Å². The van der Waals surface area contributed by atoms with E-state index in [1.54, 1.807) is 6.08 Å². The second kappa shape index (κ2) is 7.99. The van der Waals surface area contributed by atoms with Crippen molar-refractivity contribution in [1.82, 2.24) is 0 Å². The molecule has 0 unspecified atom stereocenters. The van der Waals surface area contributed by atoms with E-state index in [0.717, 1.165) is 6.42 Å². The molecule has 66 valence electrons. The molecule has 0 N–H and O–H groups in total. The van der Waals surface area contributed by atoms with Gasteiger partial charge in [-0.25, -0.2) is 0 Å². The minimum Gasteiger partial charge on any atom is -0.290 e. The molecule has 0 radical (unpaired) electrons. The van der Waals surface area contributed by atoms with Crippen LogP contribution in [0.2, 0.25) is 0 Å². The highest BCUT2D eigenvalue weighted by Gasteiger charge is 1.81. The number of allylic oxidation sites excluding steroid dienone is 5. The summed E-state index contributed by atoms with van der Waals surface area (Å²) >= 11 is 0. The van der Waals surface area contributed by atoms with Gasteiger partial charge < -0.3 is 0 Å². The average molecular weight is 164 g/mol. The Morgan fingerprint density at radius 2 is 2.17 bits per heavy atom. The van der Waals surface area contributed by atoms with E-state index in [1.807, 2.05) is 6.08 Å². The second-order valence-corrected chi connectivity index (χ2v) is 2.54. The molecule has 0 atom stereocenters. The van der Waals surface area contributed by atoms with E-state index in [2.05, 4.69) is 19.6 Å². The van der Waals surface area contributed by atoms with Gasteiger partial charge in [-0.15, -0.1) is 0 Å². The summed E-state index contributed by atoms with van der Waals surface area (Å²) in [7, 11) is 0. The molecule has 0 saturated carbocycles. The van der Waals surface area contributed by atoms with Crippen LogP contribution in [-0.4, -0.2) is 5.78 Å². The van der Waals surface area contributed by atoms with E-state index in [-0.39, 0.29) is 5.78 Å². The van der Waals surface area contributed by atoms with Crippen molar-refractivity contribution in [3.63, 3.8) is 0 Å². The number of hydrogen-bond acceptors (Lipinski definition) is 1. The molecule has 0 amide bonds. The zero-order chi connectivity index (χ0) is 9.23. The van der Waals surface area contributed by atoms with Crippen LogP contribution in [0, 0.1) is 0 Å². The van der Waals surface area contributed by atoms with Gasteiger partial charge in [0, 0.05) is 0 Å². The number of hydrogen-bond donors (Lipinski definition) is 0. The molecule has 0 aromatic heterocycles. The summed E-state index contributed by atoms with van der Waals surface area (Å²) < 4.78 is 0. The molecular formula is C11H16O. The lowest BCUT2D eigenvalue weighted by molar-refractivity contribution is -0.110. The molecule has 0 heterocycles. The fourth-order valence-corrected chi connectivity index (χ4v) is 0.715. The van der Waals surface area contributed by atoms with E-state index in [0.29, 0.717) is 0 Å². The summed E-state index contributed by atoms with van der Waals surface area (Å²) in [6.45, 7) is 5.52. The van der Waals surface area contributed by atoms with Crippen LogP contribution in [0.25, 0.3) is 0 Å². The predicted molar refractivity (Wildman–Crippen MR) is 53.0 cm³/mol. The number of carbonyl (C=O) groups is 1. The van der Waals surface area contributed by atoms with Crippen LogP contribution in [0.4, 0.5) is 0 Å². The van der Waals surface area contributed by atoms with Gasteiger partial charge in [0.1, 0.15) is 0 Å². The van der Waals surface area contributed by atoms with E-state index in [4.69, 9.17) is 0 Å². The third-order valence-electron chi connectivity index (χ3n) is 1.43. The van der Waals surface area contributed by atoms with Crippen molar-refractivity contribution in [2.24, 2.45) is 0 Å². The Morgan fingerprint density at radius 3 is 2.75 bits per heavy atom. The van der Waals surface area contributed by atoms with Gasteiger partial charge in [-0.2, -0.15) is 0 Å². The Morgan fingerprint density at radius 1 is 1.42 bits per heavy atom. The minimum atomic E-state index is -0.0462. The SMILES string of the molecule is C=CC(=O)C=CC=CCCCC. The number of ketones is 1. The van der Waals surface area contributed by atoms with Gasteiger partial charge in [-0.3, -0.25) is 4.79 Å². The highest BCUT2D eigenvalue weighted by molar-refractivity contribution is 5.98. The molecule has 0 aliphatic carbocycles. The first-order chi connectivity index (χ1) is 5.81. The van der Waals surface area contributed by atoms with Gasteiger partial charge in [0.05, 0.1) is 0 Å². The van der Waals surface area contributed by atoms with E-state index >= 15 is 0 Å². The zero-order valence-corrected chi connectivity index (χ0v) is 7.62. The maximum atomic E-state index is 10.7. The van der Waals surface area contributed by atoms with Crippen LogP contribution in [0.1, 0.15) is 26.2 Å². The van der Waals surface area contributed by atoms with E-state index in [1.165, 1.54) is 25.0 Å². The summed E-state index contributed by atoms with van der Waals surface area (Å²) in [4.78, 5) is 10.7. The lowest BCUT2D eigenvalue weighted by Crippen LogP contribution is -1.80. The van der Waals surface area contributed by atoms with Crippen LogP contribution in [0.5, 0.6) is 0 Å². The van der Waals surface area contributed by atoms with Crippen LogP contribution >= 0.6 is 0 Å². The summed E-state index contributed by atoms with van der Waals surface area (Å²) in [5, 5.41) is 0. The number of unbranched alkanes of at least 4 members (excludes halogenated alkanes) is 2. The highest BCUT2D eigenvalue weighted by Crippen LogP contribution is 1.94. The van der Waals surface area contributed by atoms with Crippen molar-refractivity contribution >= 4 is 5.78 Å². The van der Waals surface area contributed by atoms with Gasteiger partial charge >= 0.3 is 0 Å². The van der Waals surface area contributed by atoms with E-state index < -0.39 is 0 Å². The number of rotatable bonds is 6. The van der Waals surface area contributed by atoms with Crippen LogP contribution < -0.4 is 0 Å². The first-order valence-electron chi connectivity index (χ1n) is 4.31. The van der Waals surface area contributed by atoms with Gasteiger partial charge in [-0.1, -0.05) is 44.6 Å². The smallest absolute Gasteiger partial charge is 0.178 e. The van der Waals surface area contributed by atoms with E-state index in [9.17, 15) is 4.79 Å². The van der Waals surface area contributed by atoms with Crippen LogP contribution in [-0.2, 0) is 4.79 Å². The first kappa shape index (κ1) is 10.9. The molecule has 0 saturated heterocycles. The third-order valence-corrected chi connectivity index (χ3v) is 1.43. The Hall–Kier alpha value is -1.11. The minimum absolute atomic E-state index is 0.0462. The summed E-state index contributed by atoms with van der Waals surface area (Å²) in [5.41, 5.74) is 0. The highest BCUT2D eigenvalue weighted by atomic mass is 16.1. The summed E-state index contributed by atoms with van der Waals surface area (Å²) in [6, 6.07) is 0. The Balaban J connectivity index is 3.52. The van der Waals surface area contributed by atoms with Crippen molar-refractivity contribution in [3.8, 4) is 0 Å². The van der Waals surface area contributed by atoms with Crippen molar-refractivity contribution in [1.29, 1.82) is 0 Å². The van der Waals surface area contributed by atoms with Crippen LogP contribution in [0.3, 0.4) is 0 Å². The Kier molecular flexibility index (Phi) is 7.25. The molecule has 0 bridgehead atoms. The average Bonchev–Trinajstić information content (AvgIpc) is 2.10. The molecule has 0 aliphatic heterocycles. The van der Waals surface area contributed by atoms with Crippen molar-refractivity contribution in [3.05, 3.63) is 37.0 Å². The largest absolute Gasteiger partial charge is 0.290 e. The summed E-state index contributed by atoms with van der Waals surface area (Å²) in [5.74, 6) is -0.0462. The molecule has 0 aliphatic rings. The van der Waals surface area contributed by atoms with Gasteiger partial charge in [0.25, 0.3) is 0 Å². The normalized spacial score (nSPS) is 11.1. The topological polar surface area (TPSA) is 17.1 Å². The quantitative estimate of drug-likeness (QED) is 0.335. The van der Waals surface area contributed by atoms with Gasteiger partial charge in [0.2, 0.25) is 0 Å². The molecule has 0 fully saturated rings. The zero-order valence-electron chi connectivity index (χ0n) is 7.62. The fourth-order valence-electron chi connectivity index (χ4n) is 0.715. The van der Waals surface area contributed by atoms with Gasteiger partial charge in [0.15, 0.2) is 5.78 Å².